The van der Waals surface area contributed by atoms with E-state index in [0.29, 0.717) is 0 Å². The van der Waals surface area contributed by atoms with Crippen molar-refractivity contribution in [2.24, 2.45) is 0 Å². The molecule has 0 aliphatic heterocycles. The van der Waals surface area contributed by atoms with E-state index in [9.17, 15) is 0 Å². The predicted octanol–water partition coefficient (Wildman–Crippen LogP) is 3.15. The first kappa shape index (κ1) is 9.69. The average Bonchev–Trinajstić information content (AvgIpc) is 2.47. The number of fused-ring (bicyclic) bond motifs is 1. The molecule has 13 heavy (non-hydrogen) atoms. The molecule has 1 atom stereocenters. The van der Waals surface area contributed by atoms with Crippen LogP contribution in [0, 0.1) is 0 Å². The van der Waals surface area contributed by atoms with Gasteiger partial charge in [-0.05, 0) is 59.8 Å². The summed E-state index contributed by atoms with van der Waals surface area (Å²) in [5.41, 5.74) is 1.58. The van der Waals surface area contributed by atoms with Gasteiger partial charge in [-0.2, -0.15) is 0 Å². The third-order valence-corrected chi connectivity index (χ3v) is 4.37. The number of rotatable bonds is 2. The van der Waals surface area contributed by atoms with Crippen molar-refractivity contribution in [1.29, 1.82) is 0 Å². The Kier molecular flexibility index (Phi) is 3.06. The molecule has 1 heterocycles. The Bertz CT molecular complexity index is 295. The van der Waals surface area contributed by atoms with Gasteiger partial charge in [-0.15, -0.1) is 11.3 Å². The van der Waals surface area contributed by atoms with Gasteiger partial charge in [0.15, 0.2) is 0 Å². The van der Waals surface area contributed by atoms with E-state index in [1.54, 1.807) is 10.4 Å². The van der Waals surface area contributed by atoms with Crippen molar-refractivity contribution >= 4 is 27.3 Å². The quantitative estimate of drug-likeness (QED) is 0.861. The highest BCUT2D eigenvalue weighted by Crippen LogP contribution is 2.38. The molecule has 1 nitrogen and oxygen atoms in total. The number of hydrogen-bond donors (Lipinski definition) is 1. The van der Waals surface area contributed by atoms with Crippen LogP contribution < -0.4 is 5.32 Å². The number of likely N-dealkylation sites (N-methyl/N-ethyl adjacent to an activating group) is 1. The summed E-state index contributed by atoms with van der Waals surface area (Å²) in [5.74, 6) is 0.747. The maximum Gasteiger partial charge on any atom is 0.0704 e. The lowest BCUT2D eigenvalue weighted by Gasteiger charge is -2.21. The SMILES string of the molecule is CNCC1CCCc2sc(Br)cc21. The van der Waals surface area contributed by atoms with Crippen molar-refractivity contribution < 1.29 is 0 Å². The highest BCUT2D eigenvalue weighted by molar-refractivity contribution is 9.11. The fraction of sp³-hybridized carbons (Fsp3) is 0.600. The summed E-state index contributed by atoms with van der Waals surface area (Å²) in [6.45, 7) is 1.12. The minimum absolute atomic E-state index is 0.747. The van der Waals surface area contributed by atoms with Crippen LogP contribution in [0.4, 0.5) is 0 Å². The molecule has 0 spiro atoms. The van der Waals surface area contributed by atoms with Gasteiger partial charge >= 0.3 is 0 Å². The Morgan fingerprint density at radius 3 is 3.31 bits per heavy atom. The minimum Gasteiger partial charge on any atom is -0.319 e. The zero-order valence-corrected chi connectivity index (χ0v) is 10.2. The first-order chi connectivity index (χ1) is 6.31. The molecule has 1 aromatic heterocycles. The molecule has 1 aliphatic carbocycles. The largest absolute Gasteiger partial charge is 0.319 e. The Balaban J connectivity index is 2.25. The van der Waals surface area contributed by atoms with E-state index >= 15 is 0 Å². The molecule has 0 saturated carbocycles. The van der Waals surface area contributed by atoms with Crippen molar-refractivity contribution in [3.8, 4) is 0 Å². The summed E-state index contributed by atoms with van der Waals surface area (Å²) in [4.78, 5) is 1.60. The second-order valence-electron chi connectivity index (χ2n) is 3.58. The van der Waals surface area contributed by atoms with Crippen molar-refractivity contribution in [3.05, 3.63) is 20.3 Å². The fourth-order valence-electron chi connectivity index (χ4n) is 2.07. The lowest BCUT2D eigenvalue weighted by molar-refractivity contribution is 0.534. The molecule has 0 saturated heterocycles. The first-order valence-corrected chi connectivity index (χ1v) is 6.35. The molecule has 0 bridgehead atoms. The molecule has 1 N–H and O–H groups in total. The molecule has 0 radical (unpaired) electrons. The van der Waals surface area contributed by atoms with Crippen molar-refractivity contribution in [2.45, 2.75) is 25.2 Å². The maximum absolute atomic E-state index is 3.57. The van der Waals surface area contributed by atoms with E-state index in [-0.39, 0.29) is 0 Å². The molecule has 1 aliphatic rings. The molecular weight excluding hydrogens is 246 g/mol. The minimum atomic E-state index is 0.747. The summed E-state index contributed by atoms with van der Waals surface area (Å²) in [7, 11) is 2.04. The third-order valence-electron chi connectivity index (χ3n) is 2.66. The number of thiophene rings is 1. The van der Waals surface area contributed by atoms with Crippen LogP contribution in [0.1, 0.15) is 29.2 Å². The average molecular weight is 260 g/mol. The van der Waals surface area contributed by atoms with Crippen molar-refractivity contribution in [2.75, 3.05) is 13.6 Å². The van der Waals surface area contributed by atoms with Crippen molar-refractivity contribution in [1.82, 2.24) is 5.32 Å². The molecule has 0 amide bonds. The van der Waals surface area contributed by atoms with Gasteiger partial charge in [0.25, 0.3) is 0 Å². The summed E-state index contributed by atoms with van der Waals surface area (Å²) in [6.07, 6.45) is 3.98. The van der Waals surface area contributed by atoms with Gasteiger partial charge in [0.05, 0.1) is 3.79 Å². The zero-order chi connectivity index (χ0) is 9.26. The van der Waals surface area contributed by atoms with Crippen molar-refractivity contribution in [3.63, 3.8) is 0 Å². The van der Waals surface area contributed by atoms with Crippen LogP contribution in [0.5, 0.6) is 0 Å². The highest BCUT2D eigenvalue weighted by Gasteiger charge is 2.21. The lowest BCUT2D eigenvalue weighted by Crippen LogP contribution is -2.20. The summed E-state index contributed by atoms with van der Waals surface area (Å²) < 4.78 is 1.29. The van der Waals surface area contributed by atoms with E-state index in [2.05, 4.69) is 27.3 Å². The van der Waals surface area contributed by atoms with Crippen LogP contribution in [0.3, 0.4) is 0 Å². The standard InChI is InChI=1S/C10H14BrNS/c1-12-6-7-3-2-4-9-8(7)5-10(11)13-9/h5,7,12H,2-4,6H2,1H3. The second kappa shape index (κ2) is 4.11. The van der Waals surface area contributed by atoms with Gasteiger partial charge in [-0.3, -0.25) is 0 Å². The summed E-state index contributed by atoms with van der Waals surface area (Å²) in [5, 5.41) is 3.28. The van der Waals surface area contributed by atoms with Gasteiger partial charge in [0, 0.05) is 11.4 Å². The highest BCUT2D eigenvalue weighted by atomic mass is 79.9. The summed E-state index contributed by atoms with van der Waals surface area (Å²) >= 11 is 5.48. The van der Waals surface area contributed by atoms with E-state index < -0.39 is 0 Å². The Morgan fingerprint density at radius 1 is 1.69 bits per heavy atom. The van der Waals surface area contributed by atoms with E-state index in [0.717, 1.165) is 12.5 Å². The van der Waals surface area contributed by atoms with Crippen LogP contribution in [-0.2, 0) is 6.42 Å². The summed E-state index contributed by atoms with van der Waals surface area (Å²) in [6, 6.07) is 2.31. The molecule has 1 unspecified atom stereocenters. The Morgan fingerprint density at radius 2 is 2.54 bits per heavy atom. The Hall–Kier alpha value is 0.140. The van der Waals surface area contributed by atoms with Crippen LogP contribution in [0.25, 0.3) is 0 Å². The number of aryl methyl sites for hydroxylation is 1. The van der Waals surface area contributed by atoms with Crippen LogP contribution in [0.15, 0.2) is 9.85 Å². The van der Waals surface area contributed by atoms with Crippen LogP contribution in [-0.4, -0.2) is 13.6 Å². The smallest absolute Gasteiger partial charge is 0.0704 e. The van der Waals surface area contributed by atoms with E-state index in [4.69, 9.17) is 0 Å². The van der Waals surface area contributed by atoms with Gasteiger partial charge in [-0.1, -0.05) is 0 Å². The van der Waals surface area contributed by atoms with Gasteiger partial charge in [0.1, 0.15) is 0 Å². The topological polar surface area (TPSA) is 12.0 Å². The normalized spacial score (nSPS) is 21.5. The zero-order valence-electron chi connectivity index (χ0n) is 7.77. The monoisotopic (exact) mass is 259 g/mol. The Labute approximate surface area is 91.7 Å². The van der Waals surface area contributed by atoms with E-state index in [1.165, 1.54) is 23.0 Å². The van der Waals surface area contributed by atoms with Gasteiger partial charge < -0.3 is 5.32 Å². The van der Waals surface area contributed by atoms with Gasteiger partial charge in [0.2, 0.25) is 0 Å². The second-order valence-corrected chi connectivity index (χ2v) is 6.09. The number of nitrogens with one attached hydrogen (secondary N) is 1. The molecular formula is C10H14BrNS. The van der Waals surface area contributed by atoms with Crippen LogP contribution in [0.2, 0.25) is 0 Å². The maximum atomic E-state index is 3.57. The van der Waals surface area contributed by atoms with E-state index in [1.807, 2.05) is 18.4 Å². The number of halogens is 1. The molecule has 0 aromatic carbocycles. The molecule has 72 valence electrons. The number of hydrogen-bond acceptors (Lipinski definition) is 2. The molecule has 3 heteroatoms. The molecule has 0 fully saturated rings. The molecule has 2 rings (SSSR count). The van der Waals surface area contributed by atoms with Crippen LogP contribution >= 0.6 is 27.3 Å². The first-order valence-electron chi connectivity index (χ1n) is 4.74. The predicted molar refractivity (Wildman–Crippen MR) is 61.6 cm³/mol. The molecule has 1 aromatic rings. The third kappa shape index (κ3) is 1.97. The van der Waals surface area contributed by atoms with Gasteiger partial charge in [-0.25, -0.2) is 0 Å². The fourth-order valence-corrected chi connectivity index (χ4v) is 3.92. The lowest BCUT2D eigenvalue weighted by atomic mass is 9.88.